The first-order chi connectivity index (χ1) is 11.9. The maximum atomic E-state index is 11.6. The average molecular weight is 365 g/mol. The first-order valence-corrected chi connectivity index (χ1v) is 9.91. The summed E-state index contributed by atoms with van der Waals surface area (Å²) in [5.74, 6) is 0. The molecule has 0 spiro atoms. The average Bonchev–Trinajstić information content (AvgIpc) is 3.00. The van der Waals surface area contributed by atoms with Crippen molar-refractivity contribution in [2.45, 2.75) is 51.7 Å². The zero-order valence-corrected chi connectivity index (χ0v) is 16.3. The lowest BCUT2D eigenvalue weighted by atomic mass is 10.0. The standard InChI is InChI=1S/C19H28N2O3S/c1-19(2,3)23-18(22)20-11-10-15-13-16(21-24-15)17(25-4)12-14-8-6-5-7-9-14/h5-9,15,25H,10-13H2,1-4H3,(H,20,22). The first kappa shape index (κ1) is 19.5. The van der Waals surface area contributed by atoms with Gasteiger partial charge in [0.2, 0.25) is 0 Å². The lowest BCUT2D eigenvalue weighted by molar-refractivity contribution is 0.0496. The van der Waals surface area contributed by atoms with Crippen LogP contribution in [0.15, 0.2) is 35.5 Å². The summed E-state index contributed by atoms with van der Waals surface area (Å²) >= 11 is 1.21. The Hall–Kier alpha value is -1.82. The third-order valence-electron chi connectivity index (χ3n) is 3.68. The summed E-state index contributed by atoms with van der Waals surface area (Å²) in [5, 5.41) is 7.03. The fourth-order valence-electron chi connectivity index (χ4n) is 2.50. The molecular formula is C19H28N2O3S. The maximum absolute atomic E-state index is 11.6. The van der Waals surface area contributed by atoms with E-state index in [0.29, 0.717) is 13.0 Å². The van der Waals surface area contributed by atoms with Crippen LogP contribution in [0.3, 0.4) is 0 Å². The summed E-state index contributed by atoms with van der Waals surface area (Å²) in [6.07, 6.45) is 4.14. The summed E-state index contributed by atoms with van der Waals surface area (Å²) < 4.78 is 5.22. The van der Waals surface area contributed by atoms with Crippen LogP contribution in [0.1, 0.15) is 39.2 Å². The van der Waals surface area contributed by atoms with Crippen molar-refractivity contribution in [3.05, 3.63) is 35.9 Å². The van der Waals surface area contributed by atoms with E-state index in [9.17, 15) is 4.79 Å². The van der Waals surface area contributed by atoms with Crippen LogP contribution in [0.25, 0.3) is 0 Å². The Labute approximate surface area is 153 Å². The van der Waals surface area contributed by atoms with E-state index >= 15 is 0 Å². The Morgan fingerprint density at radius 3 is 2.72 bits per heavy atom. The minimum Gasteiger partial charge on any atom is -0.444 e. The van der Waals surface area contributed by atoms with Crippen LogP contribution in [-0.2, 0) is 16.0 Å². The Morgan fingerprint density at radius 2 is 2.08 bits per heavy atom. The molecule has 0 aliphatic carbocycles. The van der Waals surface area contributed by atoms with Gasteiger partial charge < -0.3 is 14.9 Å². The molecule has 1 amide bonds. The second-order valence-corrected chi connectivity index (χ2v) is 8.01. The summed E-state index contributed by atoms with van der Waals surface area (Å²) in [4.78, 5) is 18.5. The number of benzene rings is 1. The SMILES string of the molecule is C/[SH]=C(\Cc1ccccc1)C1=NOC(CCNC(=O)OC(C)(C)C)C1. The van der Waals surface area contributed by atoms with Gasteiger partial charge in [-0.15, -0.1) is 0 Å². The second-order valence-electron chi connectivity index (χ2n) is 7.02. The highest BCUT2D eigenvalue weighted by Crippen LogP contribution is 2.17. The number of amides is 1. The number of nitrogens with zero attached hydrogens (tertiary/aromatic N) is 1. The Morgan fingerprint density at radius 1 is 1.36 bits per heavy atom. The molecule has 6 heteroatoms. The second kappa shape index (κ2) is 9.04. The highest BCUT2D eigenvalue weighted by molar-refractivity contribution is 7.99. The van der Waals surface area contributed by atoms with Gasteiger partial charge in [-0.2, -0.15) is 11.4 Å². The van der Waals surface area contributed by atoms with Gasteiger partial charge in [0.15, 0.2) is 0 Å². The molecule has 5 nitrogen and oxygen atoms in total. The highest BCUT2D eigenvalue weighted by atomic mass is 32.1. The molecule has 1 N–H and O–H groups in total. The monoisotopic (exact) mass is 364 g/mol. The number of thiol groups is 1. The molecule has 0 saturated heterocycles. The van der Waals surface area contributed by atoms with E-state index in [1.54, 1.807) is 0 Å². The van der Waals surface area contributed by atoms with Crippen molar-refractivity contribution in [3.63, 3.8) is 0 Å². The van der Waals surface area contributed by atoms with Gasteiger partial charge in [-0.3, -0.25) is 0 Å². The summed E-state index contributed by atoms with van der Waals surface area (Å²) in [6, 6.07) is 10.4. The molecule has 1 aromatic rings. The van der Waals surface area contributed by atoms with Crippen LogP contribution in [-0.4, -0.2) is 41.2 Å². The maximum Gasteiger partial charge on any atom is 0.407 e. The zero-order valence-electron chi connectivity index (χ0n) is 15.4. The number of alkyl carbamates (subject to hydrolysis) is 1. The molecule has 25 heavy (non-hydrogen) atoms. The number of hydrogen-bond donors (Lipinski definition) is 2. The quantitative estimate of drug-likeness (QED) is 0.599. The lowest BCUT2D eigenvalue weighted by Crippen LogP contribution is -2.34. The fraction of sp³-hybridized carbons (Fsp3) is 0.526. The molecule has 1 aromatic carbocycles. The van der Waals surface area contributed by atoms with Crippen molar-refractivity contribution in [1.29, 1.82) is 0 Å². The zero-order chi connectivity index (χ0) is 18.3. The van der Waals surface area contributed by atoms with Crippen molar-refractivity contribution >= 4 is 28.0 Å². The molecule has 1 aliphatic rings. The number of ether oxygens (including phenoxy) is 1. The molecule has 1 aliphatic heterocycles. The van der Waals surface area contributed by atoms with Crippen molar-refractivity contribution in [2.75, 3.05) is 12.8 Å². The molecule has 2 rings (SSSR count). The minimum absolute atomic E-state index is 0.0115. The number of carbonyl (C=O) groups excluding carboxylic acids is 1. The largest absolute Gasteiger partial charge is 0.444 e. The van der Waals surface area contributed by atoms with Gasteiger partial charge in [0, 0.05) is 30.7 Å². The normalized spacial score (nSPS) is 18.0. The number of hydrogen-bond acceptors (Lipinski definition) is 4. The van der Waals surface area contributed by atoms with Crippen molar-refractivity contribution in [2.24, 2.45) is 5.16 Å². The predicted molar refractivity (Wildman–Crippen MR) is 106 cm³/mol. The molecule has 0 radical (unpaired) electrons. The topological polar surface area (TPSA) is 59.9 Å². The fourth-order valence-corrected chi connectivity index (χ4v) is 3.23. The van der Waals surface area contributed by atoms with Crippen molar-refractivity contribution < 1.29 is 14.4 Å². The van der Waals surface area contributed by atoms with Crippen LogP contribution >= 0.6 is 11.4 Å². The van der Waals surface area contributed by atoms with E-state index in [-0.39, 0.29) is 6.10 Å². The summed E-state index contributed by atoms with van der Waals surface area (Å²) in [5.41, 5.74) is 1.84. The molecule has 0 fully saturated rings. The van der Waals surface area contributed by atoms with E-state index < -0.39 is 11.7 Å². The summed E-state index contributed by atoms with van der Waals surface area (Å²) in [6.45, 7) is 6.06. The van der Waals surface area contributed by atoms with E-state index in [2.05, 4.69) is 41.0 Å². The number of nitrogens with one attached hydrogen (secondary N) is 1. The molecule has 1 heterocycles. The van der Waals surface area contributed by atoms with Crippen LogP contribution < -0.4 is 5.32 Å². The third-order valence-corrected chi connectivity index (χ3v) is 4.64. The third kappa shape index (κ3) is 6.90. The van der Waals surface area contributed by atoms with Crippen LogP contribution in [0.2, 0.25) is 0 Å². The van der Waals surface area contributed by atoms with Crippen LogP contribution in [0, 0.1) is 0 Å². The molecule has 0 aromatic heterocycles. The van der Waals surface area contributed by atoms with Gasteiger partial charge in [-0.05, 0) is 32.6 Å². The van der Waals surface area contributed by atoms with E-state index in [0.717, 1.165) is 18.6 Å². The molecule has 138 valence electrons. The van der Waals surface area contributed by atoms with E-state index in [1.165, 1.54) is 21.8 Å². The first-order valence-electron chi connectivity index (χ1n) is 8.57. The molecular weight excluding hydrogens is 336 g/mol. The minimum atomic E-state index is -0.480. The molecule has 1 unspecified atom stereocenters. The molecule has 1 atom stereocenters. The predicted octanol–water partition coefficient (Wildman–Crippen LogP) is 3.56. The van der Waals surface area contributed by atoms with Crippen LogP contribution in [0.5, 0.6) is 0 Å². The molecule has 0 saturated carbocycles. The number of rotatable bonds is 6. The number of oxime groups is 1. The van der Waals surface area contributed by atoms with Crippen molar-refractivity contribution in [3.8, 4) is 0 Å². The van der Waals surface area contributed by atoms with E-state index in [1.807, 2.05) is 26.8 Å². The van der Waals surface area contributed by atoms with E-state index in [4.69, 9.17) is 9.57 Å². The Balaban J connectivity index is 1.75. The molecule has 0 bridgehead atoms. The number of carbonyl (C=O) groups is 1. The Kier molecular flexibility index (Phi) is 7.05. The van der Waals surface area contributed by atoms with Gasteiger partial charge in [0.1, 0.15) is 11.7 Å². The van der Waals surface area contributed by atoms with Crippen LogP contribution in [0.4, 0.5) is 4.79 Å². The lowest BCUT2D eigenvalue weighted by Gasteiger charge is -2.19. The van der Waals surface area contributed by atoms with Gasteiger partial charge in [0.05, 0.1) is 5.71 Å². The van der Waals surface area contributed by atoms with Gasteiger partial charge >= 0.3 is 6.09 Å². The highest BCUT2D eigenvalue weighted by Gasteiger charge is 2.24. The van der Waals surface area contributed by atoms with Gasteiger partial charge in [-0.1, -0.05) is 35.5 Å². The summed E-state index contributed by atoms with van der Waals surface area (Å²) in [7, 11) is 0. The van der Waals surface area contributed by atoms with Crippen molar-refractivity contribution in [1.82, 2.24) is 5.32 Å². The Bertz CT molecular complexity index is 636. The van der Waals surface area contributed by atoms with Gasteiger partial charge in [0.25, 0.3) is 0 Å². The van der Waals surface area contributed by atoms with Gasteiger partial charge in [-0.25, -0.2) is 4.79 Å². The smallest absolute Gasteiger partial charge is 0.407 e.